The molecule has 146 valence electrons. The first-order chi connectivity index (χ1) is 13.3. The Morgan fingerprint density at radius 2 is 2.00 bits per heavy atom. The van der Waals surface area contributed by atoms with Gasteiger partial charge in [-0.2, -0.15) is 13.2 Å². The SMILES string of the molecule is CCc1c(NC(=O)C=O)c2c(O)cccn2c1Cc1cccc(C(F)(F)F)c1. The van der Waals surface area contributed by atoms with Gasteiger partial charge in [-0.3, -0.25) is 9.59 Å². The lowest BCUT2D eigenvalue weighted by Crippen LogP contribution is -2.13. The van der Waals surface area contributed by atoms with Crippen molar-refractivity contribution in [3.05, 3.63) is 65.0 Å². The summed E-state index contributed by atoms with van der Waals surface area (Å²) in [6, 6.07) is 8.02. The van der Waals surface area contributed by atoms with Gasteiger partial charge in [0, 0.05) is 18.3 Å². The molecule has 0 unspecified atom stereocenters. The van der Waals surface area contributed by atoms with E-state index >= 15 is 0 Å². The number of alkyl halides is 3. The van der Waals surface area contributed by atoms with Crippen LogP contribution in [0.15, 0.2) is 42.6 Å². The smallest absolute Gasteiger partial charge is 0.416 e. The highest BCUT2D eigenvalue weighted by Crippen LogP contribution is 2.36. The van der Waals surface area contributed by atoms with Crippen LogP contribution in [0, 0.1) is 0 Å². The molecular formula is C20H17F3N2O3. The molecule has 0 bridgehead atoms. The Labute approximate surface area is 158 Å². The average molecular weight is 390 g/mol. The lowest BCUT2D eigenvalue weighted by atomic mass is 10.0. The third-order valence-corrected chi connectivity index (χ3v) is 4.49. The molecule has 0 atom stereocenters. The molecule has 0 saturated heterocycles. The summed E-state index contributed by atoms with van der Waals surface area (Å²) in [5, 5.41) is 12.7. The number of amides is 1. The van der Waals surface area contributed by atoms with E-state index < -0.39 is 17.6 Å². The largest absolute Gasteiger partial charge is 0.506 e. The van der Waals surface area contributed by atoms with Gasteiger partial charge in [0.15, 0.2) is 0 Å². The number of carbonyl (C=O) groups is 2. The number of aromatic nitrogens is 1. The minimum absolute atomic E-state index is 0.117. The van der Waals surface area contributed by atoms with E-state index in [1.807, 2.05) is 6.92 Å². The Hall–Kier alpha value is -3.29. The summed E-state index contributed by atoms with van der Waals surface area (Å²) in [6.07, 6.45) is -2.10. The van der Waals surface area contributed by atoms with E-state index in [1.165, 1.54) is 12.1 Å². The number of aldehydes is 1. The lowest BCUT2D eigenvalue weighted by Gasteiger charge is -2.10. The minimum Gasteiger partial charge on any atom is -0.506 e. The molecule has 2 heterocycles. The molecule has 1 amide bonds. The fraction of sp³-hybridized carbons (Fsp3) is 0.200. The molecule has 0 radical (unpaired) electrons. The zero-order chi connectivity index (χ0) is 20.5. The number of hydrogen-bond acceptors (Lipinski definition) is 3. The molecule has 8 heteroatoms. The lowest BCUT2D eigenvalue weighted by molar-refractivity contribution is -0.137. The summed E-state index contributed by atoms with van der Waals surface area (Å²) in [4.78, 5) is 22.4. The van der Waals surface area contributed by atoms with Crippen molar-refractivity contribution in [2.45, 2.75) is 25.9 Å². The number of pyridine rings is 1. The summed E-state index contributed by atoms with van der Waals surface area (Å²) in [5.41, 5.74) is 1.50. The first-order valence-corrected chi connectivity index (χ1v) is 8.52. The number of halogens is 3. The van der Waals surface area contributed by atoms with Gasteiger partial charge in [0.25, 0.3) is 5.91 Å². The van der Waals surface area contributed by atoms with Crippen LogP contribution < -0.4 is 5.32 Å². The van der Waals surface area contributed by atoms with Crippen LogP contribution in [0.1, 0.15) is 29.3 Å². The van der Waals surface area contributed by atoms with Crippen LogP contribution in [-0.4, -0.2) is 21.7 Å². The Kier molecular flexibility index (Phi) is 5.13. The molecule has 5 nitrogen and oxygen atoms in total. The highest BCUT2D eigenvalue weighted by molar-refractivity contribution is 6.30. The summed E-state index contributed by atoms with van der Waals surface area (Å²) in [7, 11) is 0. The average Bonchev–Trinajstić information content (AvgIpc) is 2.95. The summed E-state index contributed by atoms with van der Waals surface area (Å²) in [5.74, 6) is -0.996. The summed E-state index contributed by atoms with van der Waals surface area (Å²) >= 11 is 0. The molecular weight excluding hydrogens is 373 g/mol. The van der Waals surface area contributed by atoms with Crippen LogP contribution in [0.2, 0.25) is 0 Å². The molecule has 0 spiro atoms. The van der Waals surface area contributed by atoms with Crippen LogP contribution >= 0.6 is 0 Å². The van der Waals surface area contributed by atoms with E-state index in [0.717, 1.165) is 12.1 Å². The number of carbonyl (C=O) groups excluding carboxylic acids is 2. The van der Waals surface area contributed by atoms with E-state index in [0.29, 0.717) is 23.2 Å². The second kappa shape index (κ2) is 7.38. The van der Waals surface area contributed by atoms with Gasteiger partial charge in [0.2, 0.25) is 6.29 Å². The Morgan fingerprint density at radius 1 is 1.25 bits per heavy atom. The van der Waals surface area contributed by atoms with Crippen LogP contribution in [-0.2, 0) is 28.6 Å². The second-order valence-electron chi connectivity index (χ2n) is 6.25. The van der Waals surface area contributed by atoms with Crippen molar-refractivity contribution in [2.75, 3.05) is 5.32 Å². The first kappa shape index (κ1) is 19.5. The number of anilines is 1. The van der Waals surface area contributed by atoms with E-state index in [9.17, 15) is 27.9 Å². The normalized spacial score (nSPS) is 11.6. The van der Waals surface area contributed by atoms with Gasteiger partial charge in [0.1, 0.15) is 11.3 Å². The van der Waals surface area contributed by atoms with Gasteiger partial charge in [-0.05, 0) is 35.7 Å². The van der Waals surface area contributed by atoms with Gasteiger partial charge in [-0.25, -0.2) is 0 Å². The molecule has 2 N–H and O–H groups in total. The van der Waals surface area contributed by atoms with E-state index in [2.05, 4.69) is 5.32 Å². The fourth-order valence-corrected chi connectivity index (χ4v) is 3.31. The van der Waals surface area contributed by atoms with E-state index in [-0.39, 0.29) is 29.7 Å². The van der Waals surface area contributed by atoms with Gasteiger partial charge < -0.3 is 14.8 Å². The third-order valence-electron chi connectivity index (χ3n) is 4.49. The number of aromatic hydroxyl groups is 1. The van der Waals surface area contributed by atoms with Crippen molar-refractivity contribution in [2.24, 2.45) is 0 Å². The molecule has 28 heavy (non-hydrogen) atoms. The molecule has 3 aromatic rings. The van der Waals surface area contributed by atoms with Gasteiger partial charge >= 0.3 is 6.18 Å². The standard InChI is InChI=1S/C20H17F3N2O3/c1-2-14-15(10-12-5-3-6-13(9-12)20(21,22)23)25-8-4-7-16(27)19(25)18(14)24-17(28)11-26/h3-9,11,27H,2,10H2,1H3,(H,24,28). The third kappa shape index (κ3) is 3.58. The number of rotatable bonds is 5. The second-order valence-corrected chi connectivity index (χ2v) is 6.25. The Morgan fingerprint density at radius 3 is 2.64 bits per heavy atom. The Bertz CT molecular complexity index is 1050. The molecule has 0 fully saturated rings. The van der Waals surface area contributed by atoms with Crippen molar-refractivity contribution in [3.63, 3.8) is 0 Å². The van der Waals surface area contributed by atoms with Crippen molar-refractivity contribution in [1.29, 1.82) is 0 Å². The number of hydrogen-bond donors (Lipinski definition) is 2. The van der Waals surface area contributed by atoms with Crippen LogP contribution in [0.5, 0.6) is 5.75 Å². The van der Waals surface area contributed by atoms with Gasteiger partial charge in [-0.1, -0.05) is 25.1 Å². The van der Waals surface area contributed by atoms with E-state index in [4.69, 9.17) is 0 Å². The van der Waals surface area contributed by atoms with Crippen molar-refractivity contribution in [3.8, 4) is 5.75 Å². The molecule has 0 saturated carbocycles. The van der Waals surface area contributed by atoms with Gasteiger partial charge in [0.05, 0.1) is 11.3 Å². The summed E-state index contributed by atoms with van der Waals surface area (Å²) in [6.45, 7) is 1.82. The highest BCUT2D eigenvalue weighted by atomic mass is 19.4. The summed E-state index contributed by atoms with van der Waals surface area (Å²) < 4.78 is 40.7. The van der Waals surface area contributed by atoms with E-state index in [1.54, 1.807) is 22.7 Å². The number of nitrogens with one attached hydrogen (secondary N) is 1. The quantitative estimate of drug-likeness (QED) is 0.512. The van der Waals surface area contributed by atoms with Crippen LogP contribution in [0.25, 0.3) is 5.52 Å². The van der Waals surface area contributed by atoms with Crippen molar-refractivity contribution in [1.82, 2.24) is 4.40 Å². The predicted molar refractivity (Wildman–Crippen MR) is 97.4 cm³/mol. The van der Waals surface area contributed by atoms with Crippen LogP contribution in [0.4, 0.5) is 18.9 Å². The predicted octanol–water partition coefficient (Wildman–Crippen LogP) is 3.95. The number of benzene rings is 1. The molecule has 0 aliphatic carbocycles. The van der Waals surface area contributed by atoms with Crippen molar-refractivity contribution < 1.29 is 27.9 Å². The zero-order valence-electron chi connectivity index (χ0n) is 14.9. The molecule has 0 aliphatic heterocycles. The zero-order valence-corrected chi connectivity index (χ0v) is 14.9. The molecule has 0 aliphatic rings. The molecule has 1 aromatic carbocycles. The molecule has 3 rings (SSSR count). The minimum atomic E-state index is -4.45. The van der Waals surface area contributed by atoms with Crippen LogP contribution in [0.3, 0.4) is 0 Å². The highest BCUT2D eigenvalue weighted by Gasteiger charge is 2.30. The fourth-order valence-electron chi connectivity index (χ4n) is 3.31. The monoisotopic (exact) mass is 390 g/mol. The Balaban J connectivity index is 2.17. The maximum Gasteiger partial charge on any atom is 0.416 e. The first-order valence-electron chi connectivity index (χ1n) is 8.52. The maximum atomic E-state index is 13.0. The molecule has 2 aromatic heterocycles. The van der Waals surface area contributed by atoms with Gasteiger partial charge in [-0.15, -0.1) is 0 Å². The topological polar surface area (TPSA) is 70.8 Å². The maximum absolute atomic E-state index is 13.0. The van der Waals surface area contributed by atoms with Crippen molar-refractivity contribution >= 4 is 23.4 Å². The number of fused-ring (bicyclic) bond motifs is 1. The number of nitrogens with zero attached hydrogens (tertiary/aromatic N) is 1.